The molecule has 6 nitrogen and oxygen atoms in total. The van der Waals surface area contributed by atoms with Gasteiger partial charge in [0.25, 0.3) is 0 Å². The minimum atomic E-state index is -0.0426. The molecule has 0 saturated carbocycles. The standard InChI is InChI=1S/C22H28N4O2/c1-3-23-22(24-14-16(2)28-18-9-5-4-6-10-18)25-15-17-13-21(27)26-20-12-8-7-11-19(17)20/h4-12,16-17H,3,13-15H2,1-2H3,(H,26,27)(H2,23,24,25). The maximum absolute atomic E-state index is 12.0. The Bertz CT molecular complexity index is 807. The normalized spacial score (nSPS) is 17.3. The number of nitrogens with one attached hydrogen (secondary N) is 3. The molecular weight excluding hydrogens is 352 g/mol. The molecule has 2 aromatic carbocycles. The van der Waals surface area contributed by atoms with Crippen LogP contribution in [0.15, 0.2) is 59.6 Å². The number of rotatable bonds is 7. The van der Waals surface area contributed by atoms with E-state index in [-0.39, 0.29) is 17.9 Å². The smallest absolute Gasteiger partial charge is 0.225 e. The molecule has 28 heavy (non-hydrogen) atoms. The first-order valence-corrected chi connectivity index (χ1v) is 9.78. The highest BCUT2D eigenvalue weighted by molar-refractivity contribution is 5.94. The first kappa shape index (κ1) is 19.7. The first-order chi connectivity index (χ1) is 13.7. The second kappa shape index (κ2) is 9.78. The van der Waals surface area contributed by atoms with E-state index in [4.69, 9.17) is 4.74 Å². The van der Waals surface area contributed by atoms with Crippen molar-refractivity contribution in [1.82, 2.24) is 10.6 Å². The van der Waals surface area contributed by atoms with Crippen LogP contribution in [0.2, 0.25) is 0 Å². The number of nitrogens with zero attached hydrogens (tertiary/aromatic N) is 1. The van der Waals surface area contributed by atoms with Gasteiger partial charge in [-0.15, -0.1) is 0 Å². The zero-order chi connectivity index (χ0) is 19.8. The largest absolute Gasteiger partial charge is 0.489 e. The van der Waals surface area contributed by atoms with E-state index in [1.807, 2.05) is 62.4 Å². The molecule has 2 atom stereocenters. The Balaban J connectivity index is 1.58. The zero-order valence-electron chi connectivity index (χ0n) is 16.4. The van der Waals surface area contributed by atoms with Gasteiger partial charge >= 0.3 is 0 Å². The van der Waals surface area contributed by atoms with Crippen LogP contribution in [0.3, 0.4) is 0 Å². The van der Waals surface area contributed by atoms with E-state index in [9.17, 15) is 4.79 Å². The fourth-order valence-electron chi connectivity index (χ4n) is 3.23. The molecule has 1 aliphatic rings. The molecule has 6 heteroatoms. The maximum Gasteiger partial charge on any atom is 0.225 e. The van der Waals surface area contributed by atoms with E-state index < -0.39 is 0 Å². The average Bonchev–Trinajstić information content (AvgIpc) is 2.70. The number of para-hydroxylation sites is 2. The summed E-state index contributed by atoms with van der Waals surface area (Å²) in [5.74, 6) is 1.74. The first-order valence-electron chi connectivity index (χ1n) is 9.78. The SMILES string of the molecule is CCNC(=NCC(C)Oc1ccccc1)NCC1CC(=O)Nc2ccccc21. The highest BCUT2D eigenvalue weighted by Gasteiger charge is 2.24. The molecule has 3 rings (SSSR count). The maximum atomic E-state index is 12.0. The predicted molar refractivity (Wildman–Crippen MR) is 113 cm³/mol. The fourth-order valence-corrected chi connectivity index (χ4v) is 3.23. The highest BCUT2D eigenvalue weighted by Crippen LogP contribution is 2.31. The molecule has 0 radical (unpaired) electrons. The lowest BCUT2D eigenvalue weighted by Gasteiger charge is -2.26. The zero-order valence-corrected chi connectivity index (χ0v) is 16.4. The van der Waals surface area contributed by atoms with E-state index in [1.165, 1.54) is 0 Å². The molecule has 1 amide bonds. The number of carbonyl (C=O) groups excluding carboxylic acids is 1. The van der Waals surface area contributed by atoms with Crippen molar-refractivity contribution < 1.29 is 9.53 Å². The number of carbonyl (C=O) groups is 1. The van der Waals surface area contributed by atoms with E-state index in [1.54, 1.807) is 0 Å². The Kier molecular flexibility index (Phi) is 6.89. The van der Waals surface area contributed by atoms with Gasteiger partial charge < -0.3 is 20.7 Å². The Morgan fingerprint density at radius 2 is 1.93 bits per heavy atom. The van der Waals surface area contributed by atoms with Crippen LogP contribution in [-0.2, 0) is 4.79 Å². The van der Waals surface area contributed by atoms with E-state index in [2.05, 4.69) is 27.0 Å². The van der Waals surface area contributed by atoms with E-state index >= 15 is 0 Å². The van der Waals surface area contributed by atoms with Crippen molar-refractivity contribution in [2.24, 2.45) is 4.99 Å². The Morgan fingerprint density at radius 1 is 1.18 bits per heavy atom. The predicted octanol–water partition coefficient (Wildman–Crippen LogP) is 3.14. The van der Waals surface area contributed by atoms with Crippen LogP contribution >= 0.6 is 0 Å². The molecule has 0 bridgehead atoms. The van der Waals surface area contributed by atoms with Gasteiger partial charge in [0.05, 0.1) is 6.54 Å². The van der Waals surface area contributed by atoms with Gasteiger partial charge in [0.2, 0.25) is 5.91 Å². The van der Waals surface area contributed by atoms with Crippen molar-refractivity contribution in [3.05, 3.63) is 60.2 Å². The Morgan fingerprint density at radius 3 is 2.71 bits per heavy atom. The molecule has 0 saturated heterocycles. The van der Waals surface area contributed by atoms with Crippen LogP contribution in [0, 0.1) is 0 Å². The summed E-state index contributed by atoms with van der Waals surface area (Å²) in [4.78, 5) is 16.6. The lowest BCUT2D eigenvalue weighted by atomic mass is 9.90. The van der Waals surface area contributed by atoms with Crippen LogP contribution in [0.5, 0.6) is 5.75 Å². The second-order valence-corrected chi connectivity index (χ2v) is 6.88. The molecule has 148 valence electrons. The summed E-state index contributed by atoms with van der Waals surface area (Å²) < 4.78 is 5.88. The van der Waals surface area contributed by atoms with Crippen molar-refractivity contribution in [1.29, 1.82) is 0 Å². The number of anilines is 1. The van der Waals surface area contributed by atoms with Crippen LogP contribution in [0.25, 0.3) is 0 Å². The van der Waals surface area contributed by atoms with Crippen molar-refractivity contribution in [2.75, 3.05) is 25.0 Å². The molecule has 0 fully saturated rings. The number of aliphatic imine (C=N–C) groups is 1. The Hall–Kier alpha value is -3.02. The van der Waals surface area contributed by atoms with Gasteiger partial charge in [0.15, 0.2) is 5.96 Å². The van der Waals surface area contributed by atoms with Gasteiger partial charge in [-0.1, -0.05) is 36.4 Å². The van der Waals surface area contributed by atoms with Crippen LogP contribution in [0.1, 0.15) is 31.7 Å². The minimum Gasteiger partial charge on any atom is -0.489 e. The van der Waals surface area contributed by atoms with Crippen molar-refractivity contribution in [2.45, 2.75) is 32.3 Å². The van der Waals surface area contributed by atoms with Crippen molar-refractivity contribution in [3.8, 4) is 5.75 Å². The number of benzene rings is 2. The quantitative estimate of drug-likeness (QED) is 0.510. The van der Waals surface area contributed by atoms with Gasteiger partial charge in [-0.3, -0.25) is 4.79 Å². The number of fused-ring (bicyclic) bond motifs is 1. The molecule has 1 heterocycles. The highest BCUT2D eigenvalue weighted by atomic mass is 16.5. The minimum absolute atomic E-state index is 0.0426. The van der Waals surface area contributed by atoms with Crippen molar-refractivity contribution >= 4 is 17.6 Å². The number of ether oxygens (including phenoxy) is 1. The summed E-state index contributed by atoms with van der Waals surface area (Å²) in [6.45, 7) is 5.98. The van der Waals surface area contributed by atoms with Crippen LogP contribution in [0.4, 0.5) is 5.69 Å². The van der Waals surface area contributed by atoms with Gasteiger partial charge in [0.1, 0.15) is 11.9 Å². The fraction of sp³-hybridized carbons (Fsp3) is 0.364. The lowest BCUT2D eigenvalue weighted by Crippen LogP contribution is -2.41. The molecule has 0 aliphatic carbocycles. The molecule has 0 spiro atoms. The Labute approximate surface area is 166 Å². The van der Waals surface area contributed by atoms with Gasteiger partial charge in [0, 0.05) is 31.1 Å². The third-order valence-electron chi connectivity index (χ3n) is 4.55. The number of hydrogen-bond donors (Lipinski definition) is 3. The summed E-state index contributed by atoms with van der Waals surface area (Å²) in [5, 5.41) is 9.57. The summed E-state index contributed by atoms with van der Waals surface area (Å²) in [5.41, 5.74) is 2.06. The molecule has 2 aromatic rings. The monoisotopic (exact) mass is 380 g/mol. The molecule has 0 aromatic heterocycles. The molecular formula is C22H28N4O2. The van der Waals surface area contributed by atoms with Crippen LogP contribution in [-0.4, -0.2) is 37.6 Å². The van der Waals surface area contributed by atoms with Crippen LogP contribution < -0.4 is 20.7 Å². The molecule has 2 unspecified atom stereocenters. The van der Waals surface area contributed by atoms with Gasteiger partial charge in [-0.2, -0.15) is 0 Å². The van der Waals surface area contributed by atoms with Gasteiger partial charge in [-0.05, 0) is 37.6 Å². The summed E-state index contributed by atoms with van der Waals surface area (Å²) >= 11 is 0. The van der Waals surface area contributed by atoms with Crippen molar-refractivity contribution in [3.63, 3.8) is 0 Å². The summed E-state index contributed by atoms with van der Waals surface area (Å²) in [6.07, 6.45) is 0.427. The summed E-state index contributed by atoms with van der Waals surface area (Å²) in [6, 6.07) is 17.7. The number of amides is 1. The second-order valence-electron chi connectivity index (χ2n) is 6.88. The summed E-state index contributed by atoms with van der Waals surface area (Å²) in [7, 11) is 0. The number of guanidine groups is 1. The average molecular weight is 380 g/mol. The third kappa shape index (κ3) is 5.49. The molecule has 3 N–H and O–H groups in total. The number of hydrogen-bond acceptors (Lipinski definition) is 3. The van der Waals surface area contributed by atoms with Gasteiger partial charge in [-0.25, -0.2) is 4.99 Å². The lowest BCUT2D eigenvalue weighted by molar-refractivity contribution is -0.116. The third-order valence-corrected chi connectivity index (χ3v) is 4.55. The topological polar surface area (TPSA) is 74.8 Å². The van der Waals surface area contributed by atoms with E-state index in [0.717, 1.165) is 29.5 Å². The molecule has 1 aliphatic heterocycles. The van der Waals surface area contributed by atoms with E-state index in [0.29, 0.717) is 19.5 Å².